The van der Waals surface area contributed by atoms with E-state index in [1.807, 2.05) is 24.3 Å². The number of para-hydroxylation sites is 1. The van der Waals surface area contributed by atoms with Crippen LogP contribution in [-0.2, 0) is 36.8 Å². The van der Waals surface area contributed by atoms with Crippen LogP contribution >= 0.6 is 12.6 Å². The van der Waals surface area contributed by atoms with Gasteiger partial charge in [-0.25, -0.2) is 4.79 Å². The number of benzene rings is 2. The van der Waals surface area contributed by atoms with Gasteiger partial charge in [-0.3, -0.25) is 19.2 Å². The summed E-state index contributed by atoms with van der Waals surface area (Å²) in [6.45, 7) is 0. The minimum Gasteiger partial charge on any atom is -0.481 e. The van der Waals surface area contributed by atoms with E-state index in [0.717, 1.165) is 16.5 Å². The summed E-state index contributed by atoms with van der Waals surface area (Å²) < 4.78 is 0. The summed E-state index contributed by atoms with van der Waals surface area (Å²) in [6, 6.07) is 11.1. The van der Waals surface area contributed by atoms with E-state index in [4.69, 9.17) is 10.8 Å². The van der Waals surface area contributed by atoms with E-state index >= 15 is 0 Å². The third kappa shape index (κ3) is 8.32. The smallest absolute Gasteiger partial charge is 0.326 e. The van der Waals surface area contributed by atoms with Crippen molar-refractivity contribution in [3.05, 3.63) is 71.9 Å². The quantitative estimate of drug-likeness (QED) is 0.126. The van der Waals surface area contributed by atoms with Crippen LogP contribution in [0.1, 0.15) is 17.5 Å². The lowest BCUT2D eigenvalue weighted by atomic mass is 10.0. The second kappa shape index (κ2) is 14.1. The zero-order chi connectivity index (χ0) is 29.2. The summed E-state index contributed by atoms with van der Waals surface area (Å²) in [5, 5.41) is 26.5. The molecular formula is C27H31N5O7S. The molecule has 40 heavy (non-hydrogen) atoms. The molecule has 12 nitrogen and oxygen atoms in total. The van der Waals surface area contributed by atoms with Crippen LogP contribution in [0, 0.1) is 0 Å². The number of rotatable bonds is 14. The van der Waals surface area contributed by atoms with E-state index in [1.165, 1.54) is 0 Å². The van der Waals surface area contributed by atoms with Gasteiger partial charge in [0.05, 0.1) is 12.5 Å². The molecule has 0 bridgehead atoms. The lowest BCUT2D eigenvalue weighted by Crippen LogP contribution is -2.58. The van der Waals surface area contributed by atoms with E-state index in [0.29, 0.717) is 5.56 Å². The highest BCUT2D eigenvalue weighted by atomic mass is 32.1. The second-order valence-electron chi connectivity index (χ2n) is 9.16. The van der Waals surface area contributed by atoms with Crippen molar-refractivity contribution in [1.82, 2.24) is 20.9 Å². The zero-order valence-electron chi connectivity index (χ0n) is 21.4. The average Bonchev–Trinajstić information content (AvgIpc) is 3.33. The van der Waals surface area contributed by atoms with Crippen LogP contribution in [-0.4, -0.2) is 74.8 Å². The number of aromatic nitrogens is 1. The fourth-order valence-electron chi connectivity index (χ4n) is 4.08. The third-order valence-corrected chi connectivity index (χ3v) is 6.54. The summed E-state index contributed by atoms with van der Waals surface area (Å²) in [4.78, 5) is 64.6. The van der Waals surface area contributed by atoms with Crippen LogP contribution in [0.2, 0.25) is 0 Å². The molecule has 13 heteroatoms. The zero-order valence-corrected chi connectivity index (χ0v) is 22.3. The summed E-state index contributed by atoms with van der Waals surface area (Å²) in [5.41, 5.74) is 8.51. The first-order valence-electron chi connectivity index (χ1n) is 12.4. The highest BCUT2D eigenvalue weighted by Gasteiger charge is 2.31. The minimum absolute atomic E-state index is 0.0227. The summed E-state index contributed by atoms with van der Waals surface area (Å²) in [6.07, 6.45) is 1.10. The number of nitrogens with one attached hydrogen (secondary N) is 4. The number of nitrogens with two attached hydrogens (primary N) is 1. The van der Waals surface area contributed by atoms with Crippen LogP contribution in [0.15, 0.2) is 60.8 Å². The van der Waals surface area contributed by atoms with Gasteiger partial charge in [-0.15, -0.1) is 0 Å². The molecule has 0 aliphatic carbocycles. The van der Waals surface area contributed by atoms with Crippen molar-refractivity contribution in [2.45, 2.75) is 43.4 Å². The largest absolute Gasteiger partial charge is 0.481 e. The van der Waals surface area contributed by atoms with Gasteiger partial charge in [0.15, 0.2) is 0 Å². The Kier molecular flexibility index (Phi) is 10.7. The molecule has 0 radical (unpaired) electrons. The number of thiol groups is 1. The Morgan fingerprint density at radius 1 is 0.800 bits per heavy atom. The maximum Gasteiger partial charge on any atom is 0.326 e. The van der Waals surface area contributed by atoms with Gasteiger partial charge in [-0.05, 0) is 23.6 Å². The van der Waals surface area contributed by atoms with Crippen molar-refractivity contribution in [2.24, 2.45) is 5.73 Å². The Morgan fingerprint density at radius 3 is 2.05 bits per heavy atom. The fourth-order valence-corrected chi connectivity index (χ4v) is 4.34. The molecule has 2 aromatic carbocycles. The highest BCUT2D eigenvalue weighted by molar-refractivity contribution is 7.80. The number of hydrogen-bond donors (Lipinski definition) is 8. The van der Waals surface area contributed by atoms with Gasteiger partial charge in [0.25, 0.3) is 0 Å². The van der Waals surface area contributed by atoms with E-state index in [1.54, 1.807) is 36.5 Å². The van der Waals surface area contributed by atoms with Crippen LogP contribution in [0.5, 0.6) is 0 Å². The number of carbonyl (C=O) groups excluding carboxylic acids is 3. The lowest BCUT2D eigenvalue weighted by Gasteiger charge is -2.24. The molecule has 0 saturated heterocycles. The second-order valence-corrected chi connectivity index (χ2v) is 9.53. The van der Waals surface area contributed by atoms with E-state index < -0.39 is 60.2 Å². The Balaban J connectivity index is 1.69. The maximum atomic E-state index is 13.1. The molecule has 0 saturated carbocycles. The van der Waals surface area contributed by atoms with Gasteiger partial charge in [-0.1, -0.05) is 48.5 Å². The predicted octanol–water partition coefficient (Wildman–Crippen LogP) is 0.224. The molecule has 4 unspecified atom stereocenters. The van der Waals surface area contributed by atoms with Crippen molar-refractivity contribution < 1.29 is 34.2 Å². The van der Waals surface area contributed by atoms with Crippen molar-refractivity contribution >= 4 is 53.2 Å². The number of aromatic amines is 1. The van der Waals surface area contributed by atoms with Gasteiger partial charge >= 0.3 is 11.9 Å². The monoisotopic (exact) mass is 569 g/mol. The lowest BCUT2D eigenvalue weighted by molar-refractivity contribution is -0.147. The first kappa shape index (κ1) is 30.2. The van der Waals surface area contributed by atoms with E-state index in [2.05, 4.69) is 33.6 Å². The normalized spacial score (nSPS) is 13.9. The summed E-state index contributed by atoms with van der Waals surface area (Å²) in [7, 11) is 0. The van der Waals surface area contributed by atoms with Gasteiger partial charge in [0.1, 0.15) is 18.1 Å². The number of carboxylic acids is 2. The number of carbonyl (C=O) groups is 5. The number of hydrogen-bond acceptors (Lipinski definition) is 7. The average molecular weight is 570 g/mol. The Hall–Kier alpha value is -4.36. The third-order valence-electron chi connectivity index (χ3n) is 6.18. The number of H-pyrrole nitrogens is 1. The molecule has 0 spiro atoms. The van der Waals surface area contributed by atoms with Gasteiger partial charge in [0.2, 0.25) is 17.7 Å². The number of carboxylic acid groups (broad SMARTS) is 2. The van der Waals surface area contributed by atoms with E-state index in [-0.39, 0.29) is 18.6 Å². The molecule has 0 aliphatic rings. The van der Waals surface area contributed by atoms with Gasteiger partial charge < -0.3 is 36.9 Å². The van der Waals surface area contributed by atoms with Crippen LogP contribution in [0.4, 0.5) is 0 Å². The predicted molar refractivity (Wildman–Crippen MR) is 150 cm³/mol. The van der Waals surface area contributed by atoms with Crippen LogP contribution in [0.3, 0.4) is 0 Å². The molecule has 3 amide bonds. The number of fused-ring (bicyclic) bond motifs is 1. The molecule has 1 heterocycles. The number of aliphatic carboxylic acids is 2. The van der Waals surface area contributed by atoms with Crippen LogP contribution < -0.4 is 21.7 Å². The van der Waals surface area contributed by atoms with Gasteiger partial charge in [-0.2, -0.15) is 12.6 Å². The minimum atomic E-state index is -1.71. The summed E-state index contributed by atoms with van der Waals surface area (Å²) >= 11 is 4.16. The molecular weight excluding hydrogens is 538 g/mol. The standard InChI is InChI=1S/C27H31N5O7S/c28-18(11-16-13-29-19-9-5-4-8-17(16)19)24(35)32-22(14-40)26(37)30-20(10-15-6-2-1-3-7-15)25(36)31-21(27(38)39)12-23(33)34/h1-9,13,18,20-22,29,40H,10-12,14,28H2,(H,30,37)(H,31,36)(H,32,35)(H,33,34)(H,38,39). The van der Waals surface area contributed by atoms with Crippen molar-refractivity contribution in [2.75, 3.05) is 5.75 Å². The Morgan fingerprint density at radius 2 is 1.40 bits per heavy atom. The summed E-state index contributed by atoms with van der Waals surface area (Å²) in [5.74, 6) is -5.32. The highest BCUT2D eigenvalue weighted by Crippen LogP contribution is 2.18. The molecule has 0 fully saturated rings. The Bertz CT molecular complexity index is 1360. The number of amides is 3. The maximum absolute atomic E-state index is 13.1. The molecule has 4 atom stereocenters. The SMILES string of the molecule is NC(Cc1c[nH]c2ccccc12)C(=O)NC(CS)C(=O)NC(Cc1ccccc1)C(=O)NC(CC(=O)O)C(=O)O. The fraction of sp³-hybridized carbons (Fsp3) is 0.296. The molecule has 3 rings (SSSR count). The first-order valence-corrected chi connectivity index (χ1v) is 13.0. The Labute approximate surface area is 235 Å². The molecule has 1 aromatic heterocycles. The molecule has 3 aromatic rings. The first-order chi connectivity index (χ1) is 19.1. The van der Waals surface area contributed by atoms with Crippen molar-refractivity contribution in [3.63, 3.8) is 0 Å². The topological polar surface area (TPSA) is 204 Å². The van der Waals surface area contributed by atoms with Crippen LogP contribution in [0.25, 0.3) is 10.9 Å². The molecule has 8 N–H and O–H groups in total. The van der Waals surface area contributed by atoms with Crippen molar-refractivity contribution in [3.8, 4) is 0 Å². The van der Waals surface area contributed by atoms with E-state index in [9.17, 15) is 29.1 Å². The van der Waals surface area contributed by atoms with Crippen molar-refractivity contribution in [1.29, 1.82) is 0 Å². The molecule has 0 aliphatic heterocycles. The molecule has 212 valence electrons. The van der Waals surface area contributed by atoms with Gasteiger partial charge in [0, 0.05) is 29.3 Å².